The predicted octanol–water partition coefficient (Wildman–Crippen LogP) is 1.94. The highest BCUT2D eigenvalue weighted by Gasteiger charge is 2.27. The average Bonchev–Trinajstić information content (AvgIpc) is 3.11. The molecule has 2 aliphatic rings. The first-order chi connectivity index (χ1) is 11.2. The zero-order valence-electron chi connectivity index (χ0n) is 13.0. The second kappa shape index (κ2) is 7.35. The van der Waals surface area contributed by atoms with E-state index in [-0.39, 0.29) is 12.5 Å². The van der Waals surface area contributed by atoms with E-state index >= 15 is 0 Å². The van der Waals surface area contributed by atoms with E-state index in [9.17, 15) is 9.59 Å². The van der Waals surface area contributed by atoms with Crippen molar-refractivity contribution in [1.29, 1.82) is 0 Å². The highest BCUT2D eigenvalue weighted by atomic mass is 16.6. The lowest BCUT2D eigenvalue weighted by Gasteiger charge is -2.25. The zero-order chi connectivity index (χ0) is 16.1. The summed E-state index contributed by atoms with van der Waals surface area (Å²) in [5.74, 6) is 1.24. The lowest BCUT2D eigenvalue weighted by Crippen LogP contribution is -2.50. The van der Waals surface area contributed by atoms with Crippen LogP contribution in [-0.2, 0) is 9.59 Å². The third-order valence-electron chi connectivity index (χ3n) is 4.38. The van der Waals surface area contributed by atoms with E-state index in [4.69, 9.17) is 9.47 Å². The first-order valence-corrected chi connectivity index (χ1v) is 8.19. The van der Waals surface area contributed by atoms with Gasteiger partial charge in [-0.2, -0.15) is 0 Å². The fourth-order valence-electron chi connectivity index (χ4n) is 3.06. The molecule has 0 radical (unpaired) electrons. The summed E-state index contributed by atoms with van der Waals surface area (Å²) in [5, 5.41) is 0. The van der Waals surface area contributed by atoms with Gasteiger partial charge in [-0.3, -0.25) is 20.4 Å². The lowest BCUT2D eigenvalue weighted by atomic mass is 10.0. The van der Waals surface area contributed by atoms with Gasteiger partial charge >= 0.3 is 0 Å². The SMILES string of the molecule is O=C(CCC1CCCC1)NNC(=O)[C@H]1COc2ccccc2O1. The number of rotatable bonds is 4. The molecule has 1 atom stereocenters. The molecule has 1 aromatic rings. The first kappa shape index (κ1) is 15.6. The minimum atomic E-state index is -0.764. The number of hydrazine groups is 1. The number of carbonyl (C=O) groups excluding carboxylic acids is 2. The standard InChI is InChI=1S/C17H22N2O4/c20-16(10-9-12-5-1-2-6-12)18-19-17(21)15-11-22-13-7-3-4-8-14(13)23-15/h3-4,7-8,12,15H,1-2,5-6,9-11H2,(H,18,20)(H,19,21)/t15-/m1/s1. The number of hydrogen-bond donors (Lipinski definition) is 2. The van der Waals surface area contributed by atoms with Gasteiger partial charge in [0, 0.05) is 6.42 Å². The van der Waals surface area contributed by atoms with Crippen LogP contribution in [0.5, 0.6) is 11.5 Å². The topological polar surface area (TPSA) is 76.7 Å². The minimum Gasteiger partial charge on any atom is -0.485 e. The number of carbonyl (C=O) groups is 2. The Labute approximate surface area is 135 Å². The van der Waals surface area contributed by atoms with Gasteiger partial charge in [-0.15, -0.1) is 0 Å². The van der Waals surface area contributed by atoms with Crippen molar-refractivity contribution in [3.63, 3.8) is 0 Å². The summed E-state index contributed by atoms with van der Waals surface area (Å²) in [6.07, 6.45) is 5.53. The van der Waals surface area contributed by atoms with E-state index in [1.54, 1.807) is 12.1 Å². The van der Waals surface area contributed by atoms with Gasteiger partial charge in [0.1, 0.15) is 6.61 Å². The Kier molecular flexibility index (Phi) is 5.00. The number of benzene rings is 1. The van der Waals surface area contributed by atoms with E-state index in [0.29, 0.717) is 23.8 Å². The predicted molar refractivity (Wildman–Crippen MR) is 83.8 cm³/mol. The normalized spacial score (nSPS) is 20.1. The van der Waals surface area contributed by atoms with Crippen LogP contribution in [-0.4, -0.2) is 24.5 Å². The molecule has 1 aliphatic carbocycles. The van der Waals surface area contributed by atoms with Crippen LogP contribution in [0.1, 0.15) is 38.5 Å². The quantitative estimate of drug-likeness (QED) is 0.832. The van der Waals surface area contributed by atoms with Crippen molar-refractivity contribution < 1.29 is 19.1 Å². The highest BCUT2D eigenvalue weighted by molar-refractivity contribution is 5.85. The van der Waals surface area contributed by atoms with E-state index < -0.39 is 12.0 Å². The Hall–Kier alpha value is -2.24. The van der Waals surface area contributed by atoms with Gasteiger partial charge in [0.2, 0.25) is 12.0 Å². The Balaban J connectivity index is 1.40. The van der Waals surface area contributed by atoms with Crippen LogP contribution in [0, 0.1) is 5.92 Å². The largest absolute Gasteiger partial charge is 0.485 e. The molecule has 1 fully saturated rings. The minimum absolute atomic E-state index is 0.126. The summed E-state index contributed by atoms with van der Waals surface area (Å²) in [5.41, 5.74) is 4.87. The molecule has 1 aliphatic heterocycles. The van der Waals surface area contributed by atoms with Gasteiger partial charge in [-0.1, -0.05) is 37.8 Å². The Morgan fingerprint density at radius 2 is 1.83 bits per heavy atom. The van der Waals surface area contributed by atoms with Gasteiger partial charge in [0.25, 0.3) is 5.91 Å². The Morgan fingerprint density at radius 1 is 1.09 bits per heavy atom. The molecule has 1 heterocycles. The molecule has 6 nitrogen and oxygen atoms in total. The molecule has 23 heavy (non-hydrogen) atoms. The van der Waals surface area contributed by atoms with E-state index in [0.717, 1.165) is 6.42 Å². The number of para-hydroxylation sites is 2. The van der Waals surface area contributed by atoms with Crippen LogP contribution < -0.4 is 20.3 Å². The molecule has 0 unspecified atom stereocenters. The molecule has 3 rings (SSSR count). The van der Waals surface area contributed by atoms with Crippen LogP contribution in [0.2, 0.25) is 0 Å². The van der Waals surface area contributed by atoms with Crippen molar-refractivity contribution in [2.75, 3.05) is 6.61 Å². The number of nitrogens with one attached hydrogen (secondary N) is 2. The van der Waals surface area contributed by atoms with Gasteiger partial charge in [0.05, 0.1) is 0 Å². The molecule has 124 valence electrons. The Morgan fingerprint density at radius 3 is 2.61 bits per heavy atom. The molecule has 0 saturated heterocycles. The smallest absolute Gasteiger partial charge is 0.283 e. The first-order valence-electron chi connectivity index (χ1n) is 8.19. The van der Waals surface area contributed by atoms with E-state index in [1.807, 2.05) is 12.1 Å². The molecule has 2 amide bonds. The fourth-order valence-corrected chi connectivity index (χ4v) is 3.06. The van der Waals surface area contributed by atoms with Gasteiger partial charge in [-0.25, -0.2) is 0 Å². The number of ether oxygens (including phenoxy) is 2. The lowest BCUT2D eigenvalue weighted by molar-refractivity contribution is -0.135. The van der Waals surface area contributed by atoms with Crippen molar-refractivity contribution in [1.82, 2.24) is 10.9 Å². The highest BCUT2D eigenvalue weighted by Crippen LogP contribution is 2.31. The summed E-state index contributed by atoms with van der Waals surface area (Å²) in [6, 6.07) is 7.18. The number of hydrogen-bond acceptors (Lipinski definition) is 4. The monoisotopic (exact) mass is 318 g/mol. The van der Waals surface area contributed by atoms with Crippen LogP contribution in [0.3, 0.4) is 0 Å². The van der Waals surface area contributed by atoms with Crippen LogP contribution >= 0.6 is 0 Å². The third kappa shape index (κ3) is 4.15. The molecule has 0 spiro atoms. The number of amides is 2. The zero-order valence-corrected chi connectivity index (χ0v) is 13.0. The second-order valence-electron chi connectivity index (χ2n) is 6.09. The van der Waals surface area contributed by atoms with Crippen molar-refractivity contribution >= 4 is 11.8 Å². The average molecular weight is 318 g/mol. The second-order valence-corrected chi connectivity index (χ2v) is 6.09. The maximum absolute atomic E-state index is 12.0. The molecule has 1 aromatic carbocycles. The molecule has 1 saturated carbocycles. The summed E-state index contributed by atoms with van der Waals surface area (Å²) in [7, 11) is 0. The van der Waals surface area contributed by atoms with Crippen molar-refractivity contribution in [3.05, 3.63) is 24.3 Å². The fraction of sp³-hybridized carbons (Fsp3) is 0.529. The molecular formula is C17H22N2O4. The molecule has 0 bridgehead atoms. The van der Waals surface area contributed by atoms with Crippen molar-refractivity contribution in [2.45, 2.75) is 44.6 Å². The van der Waals surface area contributed by atoms with E-state index in [2.05, 4.69) is 10.9 Å². The van der Waals surface area contributed by atoms with Crippen molar-refractivity contribution in [2.24, 2.45) is 5.92 Å². The summed E-state index contributed by atoms with van der Waals surface area (Å²) >= 11 is 0. The van der Waals surface area contributed by atoms with Crippen LogP contribution in [0.4, 0.5) is 0 Å². The van der Waals surface area contributed by atoms with Crippen LogP contribution in [0.15, 0.2) is 24.3 Å². The number of fused-ring (bicyclic) bond motifs is 1. The molecule has 0 aromatic heterocycles. The van der Waals surface area contributed by atoms with E-state index in [1.165, 1.54) is 25.7 Å². The third-order valence-corrected chi connectivity index (χ3v) is 4.38. The van der Waals surface area contributed by atoms with Gasteiger partial charge < -0.3 is 9.47 Å². The molecular weight excluding hydrogens is 296 g/mol. The Bertz CT molecular complexity index is 569. The van der Waals surface area contributed by atoms with Gasteiger partial charge in [0.15, 0.2) is 11.5 Å². The molecule has 2 N–H and O–H groups in total. The maximum Gasteiger partial charge on any atom is 0.283 e. The summed E-state index contributed by atoms with van der Waals surface area (Å²) in [4.78, 5) is 23.8. The van der Waals surface area contributed by atoms with Crippen LogP contribution in [0.25, 0.3) is 0 Å². The summed E-state index contributed by atoms with van der Waals surface area (Å²) in [6.45, 7) is 0.126. The van der Waals surface area contributed by atoms with Gasteiger partial charge in [-0.05, 0) is 24.5 Å². The molecule has 6 heteroatoms. The van der Waals surface area contributed by atoms with Crippen molar-refractivity contribution in [3.8, 4) is 11.5 Å². The summed E-state index contributed by atoms with van der Waals surface area (Å²) < 4.78 is 11.1. The maximum atomic E-state index is 12.0.